The fourth-order valence-corrected chi connectivity index (χ4v) is 7.87. The van der Waals surface area contributed by atoms with E-state index in [2.05, 4.69) is 40.8 Å². The molecule has 0 bridgehead atoms. The maximum Gasteiger partial charge on any atom is 0.260 e. The monoisotopic (exact) mass is 464 g/mol. The van der Waals surface area contributed by atoms with Gasteiger partial charge in [-0.15, -0.1) is 23.5 Å². The van der Waals surface area contributed by atoms with E-state index < -0.39 is 15.7 Å². The molecular formula is C24H24N4O2S2. The van der Waals surface area contributed by atoms with E-state index >= 15 is 0 Å². The van der Waals surface area contributed by atoms with Crippen LogP contribution in [0.2, 0.25) is 0 Å². The number of anilines is 1. The summed E-state index contributed by atoms with van der Waals surface area (Å²) in [5, 5.41) is 4.26. The van der Waals surface area contributed by atoms with Gasteiger partial charge in [-0.1, -0.05) is 36.4 Å². The molecule has 0 spiro atoms. The lowest BCUT2D eigenvalue weighted by Crippen LogP contribution is -2.68. The highest BCUT2D eigenvalue weighted by Gasteiger charge is 2.71. The van der Waals surface area contributed by atoms with Crippen LogP contribution >= 0.6 is 23.5 Å². The summed E-state index contributed by atoms with van der Waals surface area (Å²) in [5.41, 5.74) is 3.81. The topological polar surface area (TPSA) is 68.4 Å². The number of aromatic nitrogens is 1. The number of para-hydroxylation sites is 2. The lowest BCUT2D eigenvalue weighted by atomic mass is 9.72. The van der Waals surface area contributed by atoms with Crippen molar-refractivity contribution >= 4 is 51.9 Å². The molecule has 1 aromatic heterocycles. The van der Waals surface area contributed by atoms with Crippen molar-refractivity contribution in [3.8, 4) is 0 Å². The fourth-order valence-electron chi connectivity index (χ4n) is 6.06. The minimum atomic E-state index is -0.957. The number of amides is 2. The Bertz CT molecular complexity index is 1280. The first-order valence-electron chi connectivity index (χ1n) is 10.6. The number of fused-ring (bicyclic) bond motifs is 6. The first kappa shape index (κ1) is 20.1. The van der Waals surface area contributed by atoms with Gasteiger partial charge in [-0.2, -0.15) is 0 Å². The molecule has 2 N–H and O–H groups in total. The van der Waals surface area contributed by atoms with Crippen molar-refractivity contribution in [1.82, 2.24) is 14.8 Å². The van der Waals surface area contributed by atoms with Crippen molar-refractivity contribution in [2.45, 2.75) is 28.2 Å². The highest BCUT2D eigenvalue weighted by molar-refractivity contribution is 8.01. The summed E-state index contributed by atoms with van der Waals surface area (Å²) in [6, 6.07) is 16.5. The molecule has 8 heteroatoms. The third-order valence-electron chi connectivity index (χ3n) is 7.42. The van der Waals surface area contributed by atoms with Crippen LogP contribution in [-0.4, -0.2) is 62.6 Å². The molecule has 4 heterocycles. The van der Waals surface area contributed by atoms with Gasteiger partial charge in [0.1, 0.15) is 6.17 Å². The molecule has 2 aromatic carbocycles. The Morgan fingerprint density at radius 2 is 1.78 bits per heavy atom. The molecule has 3 aliphatic heterocycles. The molecule has 2 amide bonds. The normalized spacial score (nSPS) is 31.0. The number of hydrogen-bond acceptors (Lipinski definition) is 5. The fraction of sp³-hybridized carbons (Fsp3) is 0.333. The van der Waals surface area contributed by atoms with E-state index in [9.17, 15) is 9.59 Å². The zero-order chi connectivity index (χ0) is 22.3. The molecule has 2 saturated heterocycles. The molecule has 6 rings (SSSR count). The van der Waals surface area contributed by atoms with Gasteiger partial charge in [-0.05, 0) is 35.8 Å². The summed E-state index contributed by atoms with van der Waals surface area (Å²) in [4.78, 5) is 33.7. The molecule has 2 fully saturated rings. The van der Waals surface area contributed by atoms with Gasteiger partial charge in [0.2, 0.25) is 0 Å². The average Bonchev–Trinajstić information content (AvgIpc) is 3.46. The van der Waals surface area contributed by atoms with E-state index in [1.807, 2.05) is 41.7 Å². The number of likely N-dealkylation sites (N-methyl/N-ethyl adjacent to an activating group) is 1. The summed E-state index contributed by atoms with van der Waals surface area (Å²) >= 11 is 2.89. The van der Waals surface area contributed by atoms with Crippen molar-refractivity contribution in [3.63, 3.8) is 0 Å². The van der Waals surface area contributed by atoms with Crippen LogP contribution < -0.4 is 5.32 Å². The van der Waals surface area contributed by atoms with Gasteiger partial charge < -0.3 is 15.2 Å². The summed E-state index contributed by atoms with van der Waals surface area (Å²) in [5.74, 6) is -0.0159. The number of H-pyrrole nitrogens is 1. The van der Waals surface area contributed by atoms with Crippen LogP contribution in [0.5, 0.6) is 0 Å². The van der Waals surface area contributed by atoms with E-state index in [1.165, 1.54) is 23.5 Å². The second-order valence-corrected chi connectivity index (χ2v) is 10.7. The summed E-state index contributed by atoms with van der Waals surface area (Å²) in [6.07, 6.45) is 6.08. The Hall–Kier alpha value is -2.58. The lowest BCUT2D eigenvalue weighted by Gasteiger charge is -2.48. The van der Waals surface area contributed by atoms with Crippen molar-refractivity contribution in [1.29, 1.82) is 0 Å². The minimum absolute atomic E-state index is 0.00292. The number of carbonyl (C=O) groups excluding carboxylic acids is 2. The van der Waals surface area contributed by atoms with Crippen LogP contribution in [0.15, 0.2) is 54.7 Å². The van der Waals surface area contributed by atoms with Gasteiger partial charge >= 0.3 is 0 Å². The molecular weight excluding hydrogens is 440 g/mol. The Labute approximate surface area is 195 Å². The molecule has 3 aromatic rings. The van der Waals surface area contributed by atoms with Crippen molar-refractivity contribution in [2.24, 2.45) is 0 Å². The van der Waals surface area contributed by atoms with Crippen LogP contribution in [0, 0.1) is 0 Å². The van der Waals surface area contributed by atoms with Gasteiger partial charge in [0.05, 0.1) is 5.41 Å². The van der Waals surface area contributed by atoms with Crippen LogP contribution in [0.3, 0.4) is 0 Å². The average molecular weight is 465 g/mol. The van der Waals surface area contributed by atoms with Crippen molar-refractivity contribution in [3.05, 3.63) is 65.9 Å². The summed E-state index contributed by atoms with van der Waals surface area (Å²) in [7, 11) is 1.75. The largest absolute Gasteiger partial charge is 0.364 e. The molecule has 4 atom stereocenters. The standard InChI is InChI=1S/C24H24N4O2S2/c1-27-20(31-2)19(29)28-21-23(13-24(28,32-3)22(27)30,15-9-5-7-11-18(15)26-21)16-12-25-17-10-6-4-8-14(16)17/h4-12,20-21,25-26H,13H2,1-3H3/t20?,21-,23-,24?/m1/s1. The van der Waals surface area contributed by atoms with E-state index in [0.29, 0.717) is 6.42 Å². The van der Waals surface area contributed by atoms with Gasteiger partial charge in [0, 0.05) is 36.3 Å². The second-order valence-electron chi connectivity index (χ2n) is 8.69. The Morgan fingerprint density at radius 3 is 2.56 bits per heavy atom. The number of benzene rings is 2. The number of carbonyl (C=O) groups is 2. The second kappa shape index (κ2) is 6.71. The number of thioether (sulfide) groups is 2. The Kier molecular flexibility index (Phi) is 4.21. The molecule has 0 radical (unpaired) electrons. The number of rotatable bonds is 3. The number of piperazine rings is 1. The highest BCUT2D eigenvalue weighted by Crippen LogP contribution is 2.62. The summed E-state index contributed by atoms with van der Waals surface area (Å²) < 4.78 is 0. The van der Waals surface area contributed by atoms with Crippen LogP contribution in [0.25, 0.3) is 10.9 Å². The van der Waals surface area contributed by atoms with Crippen molar-refractivity contribution in [2.75, 3.05) is 24.9 Å². The predicted molar refractivity (Wildman–Crippen MR) is 131 cm³/mol. The van der Waals surface area contributed by atoms with Gasteiger partial charge in [-0.3, -0.25) is 14.5 Å². The summed E-state index contributed by atoms with van der Waals surface area (Å²) in [6.45, 7) is 0. The third kappa shape index (κ3) is 2.19. The van der Waals surface area contributed by atoms with Crippen LogP contribution in [-0.2, 0) is 15.0 Å². The molecule has 0 aliphatic carbocycles. The molecule has 164 valence electrons. The molecule has 3 aliphatic rings. The number of aromatic amines is 1. The number of nitrogens with one attached hydrogen (secondary N) is 2. The highest BCUT2D eigenvalue weighted by atomic mass is 32.2. The number of nitrogens with zero attached hydrogens (tertiary/aromatic N) is 2. The lowest BCUT2D eigenvalue weighted by molar-refractivity contribution is -0.157. The third-order valence-corrected chi connectivity index (χ3v) is 9.57. The molecule has 2 unspecified atom stereocenters. The maximum absolute atomic E-state index is 13.9. The maximum atomic E-state index is 13.9. The van der Waals surface area contributed by atoms with Crippen molar-refractivity contribution < 1.29 is 9.59 Å². The smallest absolute Gasteiger partial charge is 0.260 e. The van der Waals surface area contributed by atoms with Gasteiger partial charge in [0.25, 0.3) is 11.8 Å². The quantitative estimate of drug-likeness (QED) is 0.619. The zero-order valence-corrected chi connectivity index (χ0v) is 19.7. The Morgan fingerprint density at radius 1 is 1.03 bits per heavy atom. The molecule has 6 nitrogen and oxygen atoms in total. The SMILES string of the molecule is CSC1C(=O)N2[C@H]3Nc4ccccc4[C@@]3(c3c[nH]c4ccccc34)CC2(SC)C(=O)N1C. The first-order chi connectivity index (χ1) is 15.5. The van der Waals surface area contributed by atoms with E-state index in [1.54, 1.807) is 11.9 Å². The first-order valence-corrected chi connectivity index (χ1v) is 13.1. The number of hydrogen-bond donors (Lipinski definition) is 2. The Balaban J connectivity index is 1.66. The van der Waals surface area contributed by atoms with Gasteiger partial charge in [-0.25, -0.2) is 0 Å². The predicted octanol–water partition coefficient (Wildman–Crippen LogP) is 3.66. The van der Waals surface area contributed by atoms with E-state index in [0.717, 1.165) is 27.7 Å². The molecule has 32 heavy (non-hydrogen) atoms. The van der Waals surface area contributed by atoms with E-state index in [4.69, 9.17) is 0 Å². The van der Waals surface area contributed by atoms with Crippen LogP contribution in [0.1, 0.15) is 17.5 Å². The molecule has 0 saturated carbocycles. The van der Waals surface area contributed by atoms with Crippen LogP contribution in [0.4, 0.5) is 5.69 Å². The zero-order valence-electron chi connectivity index (χ0n) is 18.1. The minimum Gasteiger partial charge on any atom is -0.364 e. The van der Waals surface area contributed by atoms with Gasteiger partial charge in [0.15, 0.2) is 10.2 Å². The van der Waals surface area contributed by atoms with E-state index in [-0.39, 0.29) is 18.0 Å².